The minimum Gasteiger partial charge on any atom is -0.343 e. The maximum atomic E-state index is 12.6. The first-order valence-electron chi connectivity index (χ1n) is 7.83. The fourth-order valence-corrected chi connectivity index (χ4v) is 3.30. The molecule has 1 amide bonds. The van der Waals surface area contributed by atoms with Crippen LogP contribution < -0.4 is 0 Å². The highest BCUT2D eigenvalue weighted by molar-refractivity contribution is 5.98. The zero-order chi connectivity index (χ0) is 16.5. The molecule has 7 heteroatoms. The van der Waals surface area contributed by atoms with E-state index in [1.165, 1.54) is 6.39 Å². The number of fused-ring (bicyclic) bond motifs is 1. The molecular weight excluding hydrogens is 308 g/mol. The SMILES string of the molecule is O=Cc1cn(CC(=O)N2CCC(c3ncon3)C2)c2ccccc12. The fourth-order valence-electron chi connectivity index (χ4n) is 3.30. The van der Waals surface area contributed by atoms with E-state index in [4.69, 9.17) is 4.52 Å². The Labute approximate surface area is 137 Å². The van der Waals surface area contributed by atoms with Crippen molar-refractivity contribution in [2.45, 2.75) is 18.9 Å². The van der Waals surface area contributed by atoms with E-state index in [1.807, 2.05) is 33.7 Å². The van der Waals surface area contributed by atoms with Crippen LogP contribution in [0.1, 0.15) is 28.5 Å². The van der Waals surface area contributed by atoms with Crippen LogP contribution in [-0.2, 0) is 11.3 Å². The highest BCUT2D eigenvalue weighted by atomic mass is 16.5. The topological polar surface area (TPSA) is 81.2 Å². The average Bonchev–Trinajstić information content (AvgIpc) is 3.34. The molecule has 0 aliphatic carbocycles. The molecule has 2 aromatic heterocycles. The van der Waals surface area contributed by atoms with Crippen molar-refractivity contribution in [3.8, 4) is 0 Å². The molecule has 0 radical (unpaired) electrons. The van der Waals surface area contributed by atoms with Crippen molar-refractivity contribution in [2.75, 3.05) is 13.1 Å². The van der Waals surface area contributed by atoms with Crippen molar-refractivity contribution in [2.24, 2.45) is 0 Å². The molecule has 3 heterocycles. The number of benzene rings is 1. The predicted molar refractivity (Wildman–Crippen MR) is 85.6 cm³/mol. The van der Waals surface area contributed by atoms with Gasteiger partial charge in [-0.15, -0.1) is 0 Å². The zero-order valence-electron chi connectivity index (χ0n) is 13.0. The molecule has 1 aromatic carbocycles. The summed E-state index contributed by atoms with van der Waals surface area (Å²) in [6.07, 6.45) is 4.71. The van der Waals surface area contributed by atoms with Crippen molar-refractivity contribution in [3.63, 3.8) is 0 Å². The lowest BCUT2D eigenvalue weighted by atomic mass is 10.1. The summed E-state index contributed by atoms with van der Waals surface area (Å²) in [6, 6.07) is 7.60. The number of aromatic nitrogens is 3. The van der Waals surface area contributed by atoms with Gasteiger partial charge in [0.15, 0.2) is 12.1 Å². The maximum Gasteiger partial charge on any atom is 0.242 e. The van der Waals surface area contributed by atoms with Crippen LogP contribution in [0.4, 0.5) is 0 Å². The molecule has 0 spiro atoms. The number of nitrogens with zero attached hydrogens (tertiary/aromatic N) is 4. The van der Waals surface area contributed by atoms with Gasteiger partial charge in [-0.05, 0) is 12.5 Å². The van der Waals surface area contributed by atoms with Gasteiger partial charge in [0.25, 0.3) is 0 Å². The Morgan fingerprint density at radius 1 is 1.38 bits per heavy atom. The van der Waals surface area contributed by atoms with Gasteiger partial charge in [0.05, 0.1) is 0 Å². The Bertz CT molecular complexity index is 885. The molecule has 0 saturated carbocycles. The smallest absolute Gasteiger partial charge is 0.242 e. The van der Waals surface area contributed by atoms with Crippen LogP contribution in [-0.4, -0.2) is 44.9 Å². The van der Waals surface area contributed by atoms with Gasteiger partial charge < -0.3 is 14.0 Å². The normalized spacial score (nSPS) is 17.5. The zero-order valence-corrected chi connectivity index (χ0v) is 13.0. The fraction of sp³-hybridized carbons (Fsp3) is 0.294. The highest BCUT2D eigenvalue weighted by Crippen LogP contribution is 2.25. The van der Waals surface area contributed by atoms with E-state index in [9.17, 15) is 9.59 Å². The third kappa shape index (κ3) is 2.47. The van der Waals surface area contributed by atoms with Crippen LogP contribution in [0.3, 0.4) is 0 Å². The van der Waals surface area contributed by atoms with E-state index >= 15 is 0 Å². The second-order valence-electron chi connectivity index (χ2n) is 5.96. The minimum atomic E-state index is 0.0270. The molecule has 1 atom stereocenters. The van der Waals surface area contributed by atoms with Crippen molar-refractivity contribution in [3.05, 3.63) is 48.2 Å². The summed E-state index contributed by atoms with van der Waals surface area (Å²) in [7, 11) is 0. The molecule has 3 aromatic rings. The highest BCUT2D eigenvalue weighted by Gasteiger charge is 2.30. The lowest BCUT2D eigenvalue weighted by Crippen LogP contribution is -2.31. The summed E-state index contributed by atoms with van der Waals surface area (Å²) in [5.74, 6) is 0.804. The number of para-hydroxylation sites is 1. The van der Waals surface area contributed by atoms with Crippen LogP contribution in [0.15, 0.2) is 41.4 Å². The summed E-state index contributed by atoms with van der Waals surface area (Å²) in [5.41, 5.74) is 1.49. The van der Waals surface area contributed by atoms with Crippen LogP contribution >= 0.6 is 0 Å². The molecule has 0 N–H and O–H groups in total. The van der Waals surface area contributed by atoms with Crippen LogP contribution in [0, 0.1) is 0 Å². The van der Waals surface area contributed by atoms with Crippen molar-refractivity contribution < 1.29 is 14.1 Å². The molecule has 1 saturated heterocycles. The van der Waals surface area contributed by atoms with Crippen molar-refractivity contribution >= 4 is 23.1 Å². The van der Waals surface area contributed by atoms with Crippen LogP contribution in [0.5, 0.6) is 0 Å². The molecular formula is C17H16N4O3. The lowest BCUT2D eigenvalue weighted by molar-refractivity contribution is -0.130. The minimum absolute atomic E-state index is 0.0270. The number of amides is 1. The van der Waals surface area contributed by atoms with Crippen molar-refractivity contribution in [1.82, 2.24) is 19.6 Å². The molecule has 24 heavy (non-hydrogen) atoms. The van der Waals surface area contributed by atoms with Gasteiger partial charge in [0, 0.05) is 41.7 Å². The molecule has 1 aliphatic heterocycles. The molecule has 0 bridgehead atoms. The summed E-state index contributed by atoms with van der Waals surface area (Å²) in [5, 5.41) is 4.73. The third-order valence-corrected chi connectivity index (χ3v) is 4.54. The molecule has 1 unspecified atom stereocenters. The number of hydrogen-bond donors (Lipinski definition) is 0. The molecule has 122 valence electrons. The van der Waals surface area contributed by atoms with Gasteiger partial charge in [-0.3, -0.25) is 9.59 Å². The first-order valence-corrected chi connectivity index (χ1v) is 7.83. The Balaban J connectivity index is 1.52. The summed E-state index contributed by atoms with van der Waals surface area (Å²) in [6.45, 7) is 1.49. The third-order valence-electron chi connectivity index (χ3n) is 4.54. The van der Waals surface area contributed by atoms with Crippen LogP contribution in [0.25, 0.3) is 10.9 Å². The summed E-state index contributed by atoms with van der Waals surface area (Å²) in [4.78, 5) is 29.7. The van der Waals surface area contributed by atoms with E-state index in [1.54, 1.807) is 6.20 Å². The van der Waals surface area contributed by atoms with Gasteiger partial charge in [-0.1, -0.05) is 23.4 Å². The lowest BCUT2D eigenvalue weighted by Gasteiger charge is -2.16. The van der Waals surface area contributed by atoms with Gasteiger partial charge in [-0.2, -0.15) is 4.98 Å². The number of hydrogen-bond acceptors (Lipinski definition) is 5. The maximum absolute atomic E-state index is 12.6. The first kappa shape index (κ1) is 14.6. The largest absolute Gasteiger partial charge is 0.343 e. The van der Waals surface area contributed by atoms with Gasteiger partial charge in [0.1, 0.15) is 6.54 Å². The van der Waals surface area contributed by atoms with E-state index in [0.717, 1.165) is 23.6 Å². The second-order valence-corrected chi connectivity index (χ2v) is 5.96. The Kier molecular flexibility index (Phi) is 3.60. The van der Waals surface area contributed by atoms with E-state index in [0.29, 0.717) is 24.5 Å². The monoisotopic (exact) mass is 324 g/mol. The number of aldehydes is 1. The van der Waals surface area contributed by atoms with E-state index in [2.05, 4.69) is 10.1 Å². The molecule has 7 nitrogen and oxygen atoms in total. The van der Waals surface area contributed by atoms with Gasteiger partial charge in [-0.25, -0.2) is 0 Å². The average molecular weight is 324 g/mol. The van der Waals surface area contributed by atoms with Gasteiger partial charge in [0.2, 0.25) is 12.3 Å². The quantitative estimate of drug-likeness (QED) is 0.684. The van der Waals surface area contributed by atoms with Crippen molar-refractivity contribution in [1.29, 1.82) is 0 Å². The van der Waals surface area contributed by atoms with Crippen LogP contribution in [0.2, 0.25) is 0 Å². The Morgan fingerprint density at radius 3 is 3.04 bits per heavy atom. The predicted octanol–water partition coefficient (Wildman–Crippen LogP) is 1.85. The molecule has 1 aliphatic rings. The Hall–Kier alpha value is -2.96. The number of carbonyl (C=O) groups excluding carboxylic acids is 2. The molecule has 1 fully saturated rings. The molecule has 4 rings (SSSR count). The number of likely N-dealkylation sites (tertiary alicyclic amines) is 1. The van der Waals surface area contributed by atoms with E-state index in [-0.39, 0.29) is 18.4 Å². The van der Waals surface area contributed by atoms with E-state index < -0.39 is 0 Å². The second kappa shape index (κ2) is 5.92. The first-order chi connectivity index (χ1) is 11.8. The summed E-state index contributed by atoms with van der Waals surface area (Å²) >= 11 is 0. The Morgan fingerprint density at radius 2 is 2.25 bits per heavy atom. The van der Waals surface area contributed by atoms with Gasteiger partial charge >= 0.3 is 0 Å². The summed E-state index contributed by atoms with van der Waals surface area (Å²) < 4.78 is 6.62. The number of rotatable bonds is 4. The standard InChI is InChI=1S/C17H16N4O3/c22-10-13-8-21(15-4-2-1-3-14(13)15)9-16(23)20-6-5-12(7-20)17-18-11-24-19-17/h1-4,8,10-12H,5-7,9H2. The number of carbonyl (C=O) groups is 2.